The molecule has 0 aliphatic heterocycles. The summed E-state index contributed by atoms with van der Waals surface area (Å²) in [5.74, 6) is 0. The van der Waals surface area contributed by atoms with Crippen molar-refractivity contribution in [3.8, 4) is 0 Å². The highest BCUT2D eigenvalue weighted by Gasteiger charge is 2.00. The topological polar surface area (TPSA) is 0 Å². The van der Waals surface area contributed by atoms with Crippen molar-refractivity contribution in [3.05, 3.63) is 54.4 Å². The molecule has 0 amide bonds. The van der Waals surface area contributed by atoms with Crippen LogP contribution in [0.15, 0.2) is 42.5 Å². The zero-order chi connectivity index (χ0) is 12.6. The molecule has 0 N–H and O–H groups in total. The molecule has 0 saturated carbocycles. The maximum absolute atomic E-state index is 2.40. The molecule has 0 aliphatic rings. The minimum Gasteiger partial charge on any atom is -0.0654 e. The van der Waals surface area contributed by atoms with Crippen LogP contribution in [0, 0.1) is 6.42 Å². The van der Waals surface area contributed by atoms with Crippen LogP contribution in [0.3, 0.4) is 0 Å². The van der Waals surface area contributed by atoms with E-state index < -0.39 is 0 Å². The molecular formula is C18H23. The van der Waals surface area contributed by atoms with E-state index in [0.717, 1.165) is 0 Å². The van der Waals surface area contributed by atoms with Crippen molar-refractivity contribution in [2.24, 2.45) is 0 Å². The van der Waals surface area contributed by atoms with Gasteiger partial charge in [-0.15, -0.1) is 0 Å². The van der Waals surface area contributed by atoms with E-state index in [-0.39, 0.29) is 0 Å². The van der Waals surface area contributed by atoms with Crippen molar-refractivity contribution in [2.45, 2.75) is 45.4 Å². The lowest BCUT2D eigenvalue weighted by Gasteiger charge is -2.06. The van der Waals surface area contributed by atoms with E-state index in [9.17, 15) is 0 Å². The fourth-order valence-corrected chi connectivity index (χ4v) is 2.43. The molecule has 0 fully saturated rings. The largest absolute Gasteiger partial charge is 0.0654 e. The van der Waals surface area contributed by atoms with Crippen LogP contribution < -0.4 is 0 Å². The number of benzene rings is 2. The first-order chi connectivity index (χ1) is 8.92. The smallest absolute Gasteiger partial charge is 0.00867 e. The predicted octanol–water partition coefficient (Wildman–Crippen LogP) is 5.75. The van der Waals surface area contributed by atoms with Crippen molar-refractivity contribution in [1.29, 1.82) is 0 Å². The molecule has 0 aromatic heterocycles. The summed E-state index contributed by atoms with van der Waals surface area (Å²) in [5, 5.41) is 2.73. The minimum atomic E-state index is 1.21. The summed E-state index contributed by atoms with van der Waals surface area (Å²) < 4.78 is 0. The second-order valence-corrected chi connectivity index (χ2v) is 4.98. The Labute approximate surface area is 111 Å². The Morgan fingerprint density at radius 2 is 1.61 bits per heavy atom. The van der Waals surface area contributed by atoms with Gasteiger partial charge >= 0.3 is 0 Å². The monoisotopic (exact) mass is 239 g/mol. The first-order valence-electron chi connectivity index (χ1n) is 7.23. The molecule has 0 bridgehead atoms. The Morgan fingerprint density at radius 3 is 2.50 bits per heavy atom. The van der Waals surface area contributed by atoms with E-state index in [1.54, 1.807) is 0 Å². The van der Waals surface area contributed by atoms with Gasteiger partial charge in [0.15, 0.2) is 0 Å². The molecule has 18 heavy (non-hydrogen) atoms. The van der Waals surface area contributed by atoms with E-state index in [0.29, 0.717) is 0 Å². The van der Waals surface area contributed by atoms with Gasteiger partial charge in [0, 0.05) is 0 Å². The molecule has 1 radical (unpaired) electrons. The van der Waals surface area contributed by atoms with Gasteiger partial charge in [0.2, 0.25) is 0 Å². The summed E-state index contributed by atoms with van der Waals surface area (Å²) in [6.45, 7) is 2.27. The van der Waals surface area contributed by atoms with Crippen LogP contribution in [0.5, 0.6) is 0 Å². The van der Waals surface area contributed by atoms with Gasteiger partial charge in [-0.25, -0.2) is 0 Å². The van der Waals surface area contributed by atoms with E-state index in [1.807, 2.05) is 0 Å². The van der Waals surface area contributed by atoms with Crippen molar-refractivity contribution in [1.82, 2.24) is 0 Å². The van der Waals surface area contributed by atoms with Gasteiger partial charge in [0.1, 0.15) is 0 Å². The van der Waals surface area contributed by atoms with Crippen LogP contribution in [0.4, 0.5) is 0 Å². The van der Waals surface area contributed by atoms with Crippen molar-refractivity contribution in [2.75, 3.05) is 0 Å². The second-order valence-electron chi connectivity index (χ2n) is 4.98. The molecule has 0 heteroatoms. The average molecular weight is 239 g/mol. The lowest BCUT2D eigenvalue weighted by molar-refractivity contribution is 0.631. The molecule has 0 heterocycles. The fourth-order valence-electron chi connectivity index (χ4n) is 2.43. The van der Waals surface area contributed by atoms with E-state index in [1.165, 1.54) is 54.9 Å². The summed E-state index contributed by atoms with van der Waals surface area (Å²) in [5.41, 5.74) is 1.39. The van der Waals surface area contributed by atoms with E-state index in [2.05, 4.69) is 55.8 Å². The second kappa shape index (κ2) is 7.20. The van der Waals surface area contributed by atoms with E-state index in [4.69, 9.17) is 0 Å². The Balaban J connectivity index is 1.88. The molecule has 2 rings (SSSR count). The summed E-state index contributed by atoms with van der Waals surface area (Å²) in [4.78, 5) is 0. The third-order valence-electron chi connectivity index (χ3n) is 3.50. The maximum Gasteiger partial charge on any atom is -0.00867 e. The molecule has 0 nitrogen and oxygen atoms in total. The van der Waals surface area contributed by atoms with Gasteiger partial charge in [0.25, 0.3) is 0 Å². The standard InChI is InChI=1S/C18H23/c1-2-3-4-5-6-7-11-16-13-10-14-17-12-8-9-15-18(16)17/h8-15H,2-7H2,1H3. The highest BCUT2D eigenvalue weighted by atomic mass is 14.0. The van der Waals surface area contributed by atoms with Crippen LogP contribution >= 0.6 is 0 Å². The van der Waals surface area contributed by atoms with Crippen LogP contribution in [-0.2, 0) is 0 Å². The number of fused-ring (bicyclic) bond motifs is 1. The quantitative estimate of drug-likeness (QED) is 0.539. The molecular weight excluding hydrogens is 216 g/mol. The molecule has 0 saturated heterocycles. The number of rotatable bonds is 7. The Morgan fingerprint density at radius 1 is 0.833 bits per heavy atom. The third-order valence-corrected chi connectivity index (χ3v) is 3.50. The van der Waals surface area contributed by atoms with Gasteiger partial charge in [-0.2, -0.15) is 0 Å². The molecule has 0 unspecified atom stereocenters. The van der Waals surface area contributed by atoms with Crippen LogP contribution in [0.1, 0.15) is 51.0 Å². The molecule has 0 spiro atoms. The van der Waals surface area contributed by atoms with Crippen molar-refractivity contribution >= 4 is 10.8 Å². The highest BCUT2D eigenvalue weighted by Crippen LogP contribution is 2.21. The normalized spacial score (nSPS) is 10.9. The number of hydrogen-bond donors (Lipinski definition) is 0. The lowest BCUT2D eigenvalue weighted by atomic mass is 9.99. The summed E-state index contributed by atoms with van der Waals surface area (Å²) in [7, 11) is 0. The number of unbranched alkanes of at least 4 members (excludes halogenated alkanes) is 5. The molecule has 2 aromatic rings. The summed E-state index contributed by atoms with van der Waals surface area (Å²) in [6.07, 6.45) is 10.4. The van der Waals surface area contributed by atoms with Gasteiger partial charge in [-0.1, -0.05) is 81.5 Å². The molecule has 95 valence electrons. The minimum absolute atomic E-state index is 1.21. The van der Waals surface area contributed by atoms with Gasteiger partial charge < -0.3 is 0 Å². The van der Waals surface area contributed by atoms with Crippen LogP contribution in [-0.4, -0.2) is 0 Å². The average Bonchev–Trinajstić information content (AvgIpc) is 2.43. The SMILES string of the molecule is CCCCCCC[CH]c1cccc2ccccc12. The van der Waals surface area contributed by atoms with Gasteiger partial charge in [0.05, 0.1) is 0 Å². The lowest BCUT2D eigenvalue weighted by Crippen LogP contribution is -1.86. The highest BCUT2D eigenvalue weighted by molar-refractivity contribution is 5.86. The van der Waals surface area contributed by atoms with Crippen LogP contribution in [0.2, 0.25) is 0 Å². The Hall–Kier alpha value is -1.30. The van der Waals surface area contributed by atoms with Crippen molar-refractivity contribution < 1.29 is 0 Å². The zero-order valence-electron chi connectivity index (χ0n) is 11.4. The molecule has 2 aromatic carbocycles. The Kier molecular flexibility index (Phi) is 5.26. The third kappa shape index (κ3) is 3.60. The van der Waals surface area contributed by atoms with Crippen molar-refractivity contribution in [3.63, 3.8) is 0 Å². The van der Waals surface area contributed by atoms with Crippen LogP contribution in [0.25, 0.3) is 10.8 Å². The summed E-state index contributed by atoms with van der Waals surface area (Å²) in [6, 6.07) is 15.2. The van der Waals surface area contributed by atoms with E-state index >= 15 is 0 Å². The van der Waals surface area contributed by atoms with Gasteiger partial charge in [-0.05, 0) is 29.2 Å². The zero-order valence-corrected chi connectivity index (χ0v) is 11.4. The first kappa shape index (κ1) is 13.1. The molecule has 0 aliphatic carbocycles. The Bertz CT molecular complexity index is 465. The van der Waals surface area contributed by atoms with Gasteiger partial charge in [-0.3, -0.25) is 0 Å². The fraction of sp³-hybridized carbons (Fsp3) is 0.389. The summed E-state index contributed by atoms with van der Waals surface area (Å²) >= 11 is 0. The predicted molar refractivity (Wildman–Crippen MR) is 80.7 cm³/mol. The number of hydrogen-bond acceptors (Lipinski definition) is 0. The first-order valence-corrected chi connectivity index (χ1v) is 7.23. The molecule has 0 atom stereocenters. The maximum atomic E-state index is 2.40.